The number of ether oxygens (including phenoxy) is 3. The zero-order valence-corrected chi connectivity index (χ0v) is 18.8. The number of hydrogen-bond donors (Lipinski definition) is 0. The van der Waals surface area contributed by atoms with Gasteiger partial charge in [0.2, 0.25) is 0 Å². The van der Waals surface area contributed by atoms with Gasteiger partial charge >= 0.3 is 0 Å². The molecule has 0 saturated carbocycles. The summed E-state index contributed by atoms with van der Waals surface area (Å²) >= 11 is 0. The third-order valence-corrected chi connectivity index (χ3v) is 5.41. The van der Waals surface area contributed by atoms with Gasteiger partial charge in [-0.2, -0.15) is 0 Å². The maximum Gasteiger partial charge on any atom is 0.119 e. The van der Waals surface area contributed by atoms with Crippen LogP contribution >= 0.6 is 0 Å². The first-order valence-corrected chi connectivity index (χ1v) is 10.9. The molecule has 162 valence electrons. The lowest BCUT2D eigenvalue weighted by Crippen LogP contribution is -2.06. The van der Waals surface area contributed by atoms with Gasteiger partial charge in [-0.1, -0.05) is 69.3 Å². The van der Waals surface area contributed by atoms with Crippen LogP contribution in [0.4, 0.5) is 0 Å². The summed E-state index contributed by atoms with van der Waals surface area (Å²) in [4.78, 5) is 0. The molecule has 0 aromatic heterocycles. The van der Waals surface area contributed by atoms with E-state index in [0.29, 0.717) is 19.1 Å². The van der Waals surface area contributed by atoms with Gasteiger partial charge in [-0.05, 0) is 64.1 Å². The quantitative estimate of drug-likeness (QED) is 0.312. The summed E-state index contributed by atoms with van der Waals surface area (Å²) in [7, 11) is 1.67. The van der Waals surface area contributed by atoms with E-state index < -0.39 is 0 Å². The van der Waals surface area contributed by atoms with E-state index in [1.54, 1.807) is 7.11 Å². The summed E-state index contributed by atoms with van der Waals surface area (Å²) in [6.07, 6.45) is 3.03. The summed E-state index contributed by atoms with van der Waals surface area (Å²) in [5, 5.41) is 0. The van der Waals surface area contributed by atoms with Crippen LogP contribution in [0.5, 0.6) is 11.5 Å². The number of methoxy groups -OCH3 is 1. The normalized spacial score (nSPS) is 11.7. The smallest absolute Gasteiger partial charge is 0.119 e. The van der Waals surface area contributed by atoms with E-state index in [0.717, 1.165) is 52.3 Å². The first-order chi connectivity index (χ1) is 15.1. The van der Waals surface area contributed by atoms with Crippen molar-refractivity contribution in [1.29, 1.82) is 0 Å². The van der Waals surface area contributed by atoms with Crippen LogP contribution in [0.25, 0.3) is 28.3 Å². The van der Waals surface area contributed by atoms with E-state index in [-0.39, 0.29) is 0 Å². The number of benzene rings is 3. The summed E-state index contributed by atoms with van der Waals surface area (Å²) in [6, 6.07) is 22.9. The number of rotatable bonds is 11. The van der Waals surface area contributed by atoms with Gasteiger partial charge in [0, 0.05) is 7.11 Å². The molecule has 0 heterocycles. The lowest BCUT2D eigenvalue weighted by Gasteiger charge is -2.13. The van der Waals surface area contributed by atoms with Crippen LogP contribution in [0.3, 0.4) is 0 Å². The van der Waals surface area contributed by atoms with Gasteiger partial charge in [-0.3, -0.25) is 0 Å². The van der Waals surface area contributed by atoms with Crippen molar-refractivity contribution in [3.8, 4) is 33.8 Å². The van der Waals surface area contributed by atoms with E-state index in [1.807, 2.05) is 30.3 Å². The van der Waals surface area contributed by atoms with Crippen molar-refractivity contribution in [2.24, 2.45) is 5.92 Å². The maximum atomic E-state index is 5.89. The molecule has 3 heteroatoms. The molecular formula is C28H32O3. The Bertz CT molecular complexity index is 959. The van der Waals surface area contributed by atoms with E-state index in [2.05, 4.69) is 62.9 Å². The molecule has 0 aliphatic heterocycles. The minimum absolute atomic E-state index is 0.548. The Balaban J connectivity index is 1.75. The van der Waals surface area contributed by atoms with Gasteiger partial charge in [0.25, 0.3) is 0 Å². The highest BCUT2D eigenvalue weighted by molar-refractivity contribution is 5.79. The van der Waals surface area contributed by atoms with Gasteiger partial charge in [0.05, 0.1) is 13.2 Å². The van der Waals surface area contributed by atoms with Gasteiger partial charge in [-0.15, -0.1) is 0 Å². The third-order valence-electron chi connectivity index (χ3n) is 5.41. The fraction of sp³-hybridized carbons (Fsp3) is 0.286. The van der Waals surface area contributed by atoms with Crippen LogP contribution in [-0.4, -0.2) is 26.9 Å². The highest BCUT2D eigenvalue weighted by Gasteiger charge is 2.07. The van der Waals surface area contributed by atoms with Crippen LogP contribution in [0.15, 0.2) is 73.3 Å². The molecule has 3 rings (SSSR count). The molecule has 3 aromatic rings. The molecule has 0 N–H and O–H groups in total. The van der Waals surface area contributed by atoms with E-state index in [9.17, 15) is 0 Å². The second kappa shape index (κ2) is 11.4. The van der Waals surface area contributed by atoms with Crippen molar-refractivity contribution in [3.63, 3.8) is 0 Å². The molecule has 0 radical (unpaired) electrons. The predicted octanol–water partition coefficient (Wildman–Crippen LogP) is 7.11. The van der Waals surface area contributed by atoms with E-state index >= 15 is 0 Å². The monoisotopic (exact) mass is 416 g/mol. The number of hydrogen-bond acceptors (Lipinski definition) is 3. The topological polar surface area (TPSA) is 27.7 Å². The summed E-state index contributed by atoms with van der Waals surface area (Å²) in [5.74, 6) is 2.32. The van der Waals surface area contributed by atoms with Gasteiger partial charge < -0.3 is 14.2 Å². The summed E-state index contributed by atoms with van der Waals surface area (Å²) in [5.41, 5.74) is 5.70. The zero-order valence-electron chi connectivity index (χ0n) is 18.8. The molecule has 0 fully saturated rings. The molecule has 0 spiro atoms. The van der Waals surface area contributed by atoms with Gasteiger partial charge in [0.1, 0.15) is 18.1 Å². The predicted molar refractivity (Wildman–Crippen MR) is 130 cm³/mol. The fourth-order valence-corrected chi connectivity index (χ4v) is 3.25. The summed E-state index contributed by atoms with van der Waals surface area (Å²) in [6.45, 7) is 10.3. The molecule has 0 amide bonds. The van der Waals surface area contributed by atoms with Crippen LogP contribution in [0.2, 0.25) is 0 Å². The Morgan fingerprint density at radius 1 is 0.806 bits per heavy atom. The Morgan fingerprint density at radius 3 is 2.03 bits per heavy atom. The van der Waals surface area contributed by atoms with E-state index in [4.69, 9.17) is 14.2 Å². The molecule has 31 heavy (non-hydrogen) atoms. The lowest BCUT2D eigenvalue weighted by molar-refractivity contribution is 0.146. The minimum atomic E-state index is 0.548. The Hall–Kier alpha value is -3.04. The Labute approximate surface area is 186 Å². The highest BCUT2D eigenvalue weighted by atomic mass is 16.5. The maximum absolute atomic E-state index is 5.89. The second-order valence-electron chi connectivity index (χ2n) is 7.72. The molecule has 1 unspecified atom stereocenters. The first-order valence-electron chi connectivity index (χ1n) is 10.9. The van der Waals surface area contributed by atoms with Crippen molar-refractivity contribution < 1.29 is 14.2 Å². The highest BCUT2D eigenvalue weighted by Crippen LogP contribution is 2.31. The van der Waals surface area contributed by atoms with Crippen LogP contribution < -0.4 is 9.47 Å². The Morgan fingerprint density at radius 2 is 1.42 bits per heavy atom. The first kappa shape index (κ1) is 22.6. The molecular weight excluding hydrogens is 384 g/mol. The third kappa shape index (κ3) is 6.22. The van der Waals surface area contributed by atoms with Crippen molar-refractivity contribution in [2.45, 2.75) is 20.3 Å². The SMILES string of the molecule is C=Cc1cc(-c2ccc(OCCOC)cc2)ccc1-c1ccc(OCC(C)CC)cc1. The molecule has 0 bridgehead atoms. The average molecular weight is 417 g/mol. The zero-order chi connectivity index (χ0) is 22.1. The molecule has 1 atom stereocenters. The fourth-order valence-electron chi connectivity index (χ4n) is 3.25. The molecule has 0 aliphatic rings. The summed E-state index contributed by atoms with van der Waals surface area (Å²) < 4.78 is 16.6. The molecule has 0 aliphatic carbocycles. The average Bonchev–Trinajstić information content (AvgIpc) is 2.83. The second-order valence-corrected chi connectivity index (χ2v) is 7.72. The van der Waals surface area contributed by atoms with Crippen molar-refractivity contribution in [2.75, 3.05) is 26.9 Å². The molecule has 3 aromatic carbocycles. The Kier molecular flexibility index (Phi) is 8.31. The largest absolute Gasteiger partial charge is 0.493 e. The molecule has 0 saturated heterocycles. The van der Waals surface area contributed by atoms with Crippen molar-refractivity contribution in [1.82, 2.24) is 0 Å². The van der Waals surface area contributed by atoms with Gasteiger partial charge in [-0.25, -0.2) is 0 Å². The minimum Gasteiger partial charge on any atom is -0.493 e. The van der Waals surface area contributed by atoms with Crippen molar-refractivity contribution >= 4 is 6.08 Å². The van der Waals surface area contributed by atoms with Crippen LogP contribution in [0.1, 0.15) is 25.8 Å². The van der Waals surface area contributed by atoms with E-state index in [1.165, 1.54) is 0 Å². The lowest BCUT2D eigenvalue weighted by atomic mass is 9.95. The molecule has 3 nitrogen and oxygen atoms in total. The van der Waals surface area contributed by atoms with Gasteiger partial charge in [0.15, 0.2) is 0 Å². The van der Waals surface area contributed by atoms with Crippen molar-refractivity contribution in [3.05, 3.63) is 78.9 Å². The standard InChI is InChI=1S/C28H32O3/c1-5-21(3)20-31-27-14-9-24(10-15-27)28-16-11-25(19-22(28)6-2)23-7-12-26(13-8-23)30-18-17-29-4/h6-16,19,21H,2,5,17-18,20H2,1,3-4H3. The van der Waals surface area contributed by atoms with Crippen LogP contribution in [-0.2, 0) is 4.74 Å². The van der Waals surface area contributed by atoms with Crippen LogP contribution in [0, 0.1) is 5.92 Å².